The molecule has 3 nitrogen and oxygen atoms in total. The molecule has 234 valence electrons. The van der Waals surface area contributed by atoms with Crippen molar-refractivity contribution in [3.05, 3.63) is 0 Å². The van der Waals surface area contributed by atoms with Crippen LogP contribution in [0.4, 0.5) is 0 Å². The lowest BCUT2D eigenvalue weighted by atomic mass is 10.0. The lowest BCUT2D eigenvalue weighted by Gasteiger charge is -2.29. The first-order valence-corrected chi connectivity index (χ1v) is 18.1. The molecule has 0 aliphatic carbocycles. The minimum Gasteiger partial charge on any atom is -0.480 e. The van der Waals surface area contributed by atoms with Crippen molar-refractivity contribution in [3.8, 4) is 0 Å². The average molecular weight is 552 g/mol. The van der Waals surface area contributed by atoms with E-state index in [0.29, 0.717) is 0 Å². The lowest BCUT2D eigenvalue weighted by molar-refractivity contribution is -0.143. The van der Waals surface area contributed by atoms with Gasteiger partial charge in [0.15, 0.2) is 0 Å². The normalized spacial score (nSPS) is 12.4. The minimum absolute atomic E-state index is 0.276. The van der Waals surface area contributed by atoms with Crippen LogP contribution in [-0.2, 0) is 4.79 Å². The number of unbranched alkanes of at least 4 members (excludes halogenated alkanes) is 25. The lowest BCUT2D eigenvalue weighted by Crippen LogP contribution is -2.42. The molecule has 1 N–H and O–H groups in total. The summed E-state index contributed by atoms with van der Waals surface area (Å²) in [4.78, 5) is 14.7. The Morgan fingerprint density at radius 3 is 0.974 bits per heavy atom. The first-order chi connectivity index (χ1) is 19.2. The van der Waals surface area contributed by atoms with E-state index in [4.69, 9.17) is 0 Å². The largest absolute Gasteiger partial charge is 0.480 e. The summed E-state index contributed by atoms with van der Waals surface area (Å²) >= 11 is 0. The van der Waals surface area contributed by atoms with E-state index < -0.39 is 5.97 Å². The third kappa shape index (κ3) is 27.4. The van der Waals surface area contributed by atoms with Gasteiger partial charge in [-0.2, -0.15) is 0 Å². The van der Waals surface area contributed by atoms with Crippen molar-refractivity contribution in [1.82, 2.24) is 4.90 Å². The van der Waals surface area contributed by atoms with Crippen LogP contribution in [0.5, 0.6) is 0 Å². The summed E-state index contributed by atoms with van der Waals surface area (Å²) in [7, 11) is 0. The van der Waals surface area contributed by atoms with Crippen molar-refractivity contribution in [2.45, 2.75) is 213 Å². The van der Waals surface area contributed by atoms with Gasteiger partial charge in [0, 0.05) is 0 Å². The van der Waals surface area contributed by atoms with Gasteiger partial charge >= 0.3 is 5.97 Å². The van der Waals surface area contributed by atoms with E-state index in [1.54, 1.807) is 0 Å². The number of nitrogens with zero attached hydrogens (tertiary/aromatic N) is 1. The predicted molar refractivity (Wildman–Crippen MR) is 174 cm³/mol. The monoisotopic (exact) mass is 552 g/mol. The molecule has 0 saturated heterocycles. The van der Waals surface area contributed by atoms with Gasteiger partial charge in [-0.15, -0.1) is 0 Å². The number of rotatable bonds is 33. The Hall–Kier alpha value is -0.570. The molecule has 0 saturated carbocycles. The third-order valence-electron chi connectivity index (χ3n) is 8.65. The number of hydrogen-bond acceptors (Lipinski definition) is 2. The van der Waals surface area contributed by atoms with Crippen LogP contribution in [0.15, 0.2) is 0 Å². The smallest absolute Gasteiger partial charge is 0.320 e. The fourth-order valence-corrected chi connectivity index (χ4v) is 5.96. The maximum atomic E-state index is 12.3. The molecule has 0 rings (SSSR count). The average Bonchev–Trinajstić information content (AvgIpc) is 2.93. The molecule has 0 fully saturated rings. The van der Waals surface area contributed by atoms with Gasteiger partial charge in [-0.25, -0.2) is 0 Å². The molecule has 0 bridgehead atoms. The van der Waals surface area contributed by atoms with Crippen LogP contribution >= 0.6 is 0 Å². The number of carbonyl (C=O) groups is 1. The van der Waals surface area contributed by atoms with E-state index in [0.717, 1.165) is 38.8 Å². The van der Waals surface area contributed by atoms with Crippen LogP contribution < -0.4 is 0 Å². The second-order valence-corrected chi connectivity index (χ2v) is 12.5. The van der Waals surface area contributed by atoms with Crippen LogP contribution in [0.3, 0.4) is 0 Å². The summed E-state index contributed by atoms with van der Waals surface area (Å²) in [6.45, 7) is 8.78. The van der Waals surface area contributed by atoms with E-state index in [2.05, 4.69) is 25.7 Å². The summed E-state index contributed by atoms with van der Waals surface area (Å²) < 4.78 is 0. The molecule has 1 atom stereocenters. The standard InChI is InChI=1S/C36H73NO2/c1-4-7-10-13-16-19-21-24-27-30-33-37(34-31-28-25-22-20-17-14-11-8-5-2)35(36(38)39)32-29-26-23-18-15-12-9-6-3/h35H,4-34H2,1-3H3,(H,38,39). The molecule has 0 radical (unpaired) electrons. The van der Waals surface area contributed by atoms with Crippen LogP contribution in [0, 0.1) is 0 Å². The van der Waals surface area contributed by atoms with Crippen LogP contribution in [-0.4, -0.2) is 35.1 Å². The van der Waals surface area contributed by atoms with E-state index in [-0.39, 0.29) is 6.04 Å². The zero-order valence-electron chi connectivity index (χ0n) is 27.3. The maximum absolute atomic E-state index is 12.3. The Morgan fingerprint density at radius 1 is 0.436 bits per heavy atom. The van der Waals surface area contributed by atoms with E-state index >= 15 is 0 Å². The predicted octanol–water partition coefficient (Wildman–Crippen LogP) is 12.1. The highest BCUT2D eigenvalue weighted by Crippen LogP contribution is 2.18. The molecule has 3 heteroatoms. The fraction of sp³-hybridized carbons (Fsp3) is 0.972. The summed E-state index contributed by atoms with van der Waals surface area (Å²) in [6, 6.07) is -0.276. The molecule has 0 amide bonds. The highest BCUT2D eigenvalue weighted by Gasteiger charge is 2.24. The third-order valence-corrected chi connectivity index (χ3v) is 8.65. The van der Waals surface area contributed by atoms with Crippen molar-refractivity contribution in [1.29, 1.82) is 0 Å². The van der Waals surface area contributed by atoms with Gasteiger partial charge in [0.05, 0.1) is 0 Å². The Bertz CT molecular complexity index is 457. The Labute approximate surface area is 246 Å². The zero-order chi connectivity index (χ0) is 28.7. The molecular formula is C36H73NO2. The number of hydrogen-bond donors (Lipinski definition) is 1. The van der Waals surface area contributed by atoms with Gasteiger partial charge in [0.1, 0.15) is 6.04 Å². The Morgan fingerprint density at radius 2 is 0.692 bits per heavy atom. The summed E-state index contributed by atoms with van der Waals surface area (Å²) in [5.41, 5.74) is 0. The Kier molecular flexibility index (Phi) is 31.5. The fourth-order valence-electron chi connectivity index (χ4n) is 5.96. The van der Waals surface area contributed by atoms with Gasteiger partial charge in [0.25, 0.3) is 0 Å². The molecular weight excluding hydrogens is 478 g/mol. The maximum Gasteiger partial charge on any atom is 0.320 e. The van der Waals surface area contributed by atoms with Gasteiger partial charge in [0.2, 0.25) is 0 Å². The molecule has 1 unspecified atom stereocenters. The zero-order valence-corrected chi connectivity index (χ0v) is 27.3. The van der Waals surface area contributed by atoms with E-state index in [1.165, 1.54) is 161 Å². The topological polar surface area (TPSA) is 40.5 Å². The molecule has 0 aliphatic rings. The minimum atomic E-state index is -0.586. The molecule has 0 aromatic heterocycles. The summed E-state index contributed by atoms with van der Waals surface area (Å²) in [6.07, 6.45) is 37.8. The Balaban J connectivity index is 4.36. The summed E-state index contributed by atoms with van der Waals surface area (Å²) in [5.74, 6) is -0.586. The molecule has 0 heterocycles. The van der Waals surface area contributed by atoms with Crippen molar-refractivity contribution in [2.24, 2.45) is 0 Å². The number of carboxylic acid groups (broad SMARTS) is 1. The second kappa shape index (κ2) is 32.0. The number of carboxylic acids is 1. The van der Waals surface area contributed by atoms with Crippen molar-refractivity contribution >= 4 is 5.97 Å². The van der Waals surface area contributed by atoms with Crippen LogP contribution in [0.1, 0.15) is 207 Å². The number of aliphatic carboxylic acids is 1. The SMILES string of the molecule is CCCCCCCCCCCCN(CCCCCCCCCCCC)C(CCCCCCCCCC)C(=O)O. The van der Waals surface area contributed by atoms with Crippen LogP contribution in [0.2, 0.25) is 0 Å². The van der Waals surface area contributed by atoms with Crippen molar-refractivity contribution in [3.63, 3.8) is 0 Å². The quantitative estimate of drug-likeness (QED) is 0.0824. The molecule has 0 aliphatic heterocycles. The first-order valence-electron chi connectivity index (χ1n) is 18.1. The summed E-state index contributed by atoms with van der Waals surface area (Å²) in [5, 5.41) is 10.1. The highest BCUT2D eigenvalue weighted by molar-refractivity contribution is 5.73. The van der Waals surface area contributed by atoms with Gasteiger partial charge in [-0.1, -0.05) is 188 Å². The van der Waals surface area contributed by atoms with Gasteiger partial charge < -0.3 is 5.11 Å². The van der Waals surface area contributed by atoms with Crippen molar-refractivity contribution in [2.75, 3.05) is 13.1 Å². The molecule has 0 spiro atoms. The van der Waals surface area contributed by atoms with Crippen molar-refractivity contribution < 1.29 is 9.90 Å². The van der Waals surface area contributed by atoms with E-state index in [9.17, 15) is 9.90 Å². The van der Waals surface area contributed by atoms with E-state index in [1.807, 2.05) is 0 Å². The second-order valence-electron chi connectivity index (χ2n) is 12.5. The molecule has 0 aromatic rings. The van der Waals surface area contributed by atoms with Gasteiger partial charge in [-0.3, -0.25) is 9.69 Å². The first kappa shape index (κ1) is 38.4. The van der Waals surface area contributed by atoms with Crippen LogP contribution in [0.25, 0.3) is 0 Å². The highest BCUT2D eigenvalue weighted by atomic mass is 16.4. The molecule has 0 aromatic carbocycles. The molecule has 39 heavy (non-hydrogen) atoms. The van der Waals surface area contributed by atoms with Gasteiger partial charge in [-0.05, 0) is 32.4 Å².